The molecule has 6 heteroatoms. The number of hydrogen-bond donors (Lipinski definition) is 0. The minimum Gasteiger partial charge on any atom is -0.465 e. The van der Waals surface area contributed by atoms with E-state index in [1.165, 1.54) is 0 Å². The summed E-state index contributed by atoms with van der Waals surface area (Å²) in [5, 5.41) is 9.49. The van der Waals surface area contributed by atoms with Crippen LogP contribution in [0.25, 0.3) is 0 Å². The molecule has 0 aliphatic carbocycles. The van der Waals surface area contributed by atoms with Gasteiger partial charge in [0.1, 0.15) is 0 Å². The molecule has 0 spiro atoms. The van der Waals surface area contributed by atoms with Crippen LogP contribution in [0.3, 0.4) is 0 Å². The lowest BCUT2D eigenvalue weighted by molar-refractivity contribution is -0.143. The third kappa shape index (κ3) is 6.09. The summed E-state index contributed by atoms with van der Waals surface area (Å²) in [4.78, 5) is 28.1. The van der Waals surface area contributed by atoms with Crippen molar-refractivity contribution in [3.8, 4) is 6.07 Å². The molecule has 5 nitrogen and oxygen atoms in total. The molecule has 0 aromatic heterocycles. The van der Waals surface area contributed by atoms with Crippen LogP contribution in [0.4, 0.5) is 0 Å². The smallest absolute Gasteiger partial charge is 0.330 e. The molecule has 0 amide bonds. The zero-order valence-electron chi connectivity index (χ0n) is 12.9. The Balaban J connectivity index is 2.83. The van der Waals surface area contributed by atoms with Crippen molar-refractivity contribution in [1.82, 2.24) is 0 Å². The summed E-state index contributed by atoms with van der Waals surface area (Å²) in [6.45, 7) is 5.67. The van der Waals surface area contributed by atoms with Crippen LogP contribution in [0.2, 0.25) is 0 Å². The lowest BCUT2D eigenvalue weighted by Gasteiger charge is -2.11. The summed E-state index contributed by atoms with van der Waals surface area (Å²) in [5.74, 6) is -1.78. The summed E-state index contributed by atoms with van der Waals surface area (Å²) in [7, 11) is 0. The molecule has 1 atom stereocenters. The van der Waals surface area contributed by atoms with Gasteiger partial charge in [0.05, 0.1) is 30.0 Å². The van der Waals surface area contributed by atoms with Gasteiger partial charge in [-0.2, -0.15) is 5.26 Å². The zero-order valence-corrected chi connectivity index (χ0v) is 13.7. The predicted molar refractivity (Wildman–Crippen MR) is 91.5 cm³/mol. The molecule has 1 aromatic rings. The van der Waals surface area contributed by atoms with Crippen LogP contribution in [0.5, 0.6) is 0 Å². The van der Waals surface area contributed by atoms with Gasteiger partial charge in [-0.1, -0.05) is 36.4 Å². The number of nitrogens with zero attached hydrogens (tertiary/aromatic N) is 2. The minimum absolute atomic E-state index is 0.0948. The van der Waals surface area contributed by atoms with Gasteiger partial charge in [0.15, 0.2) is 11.7 Å². The van der Waals surface area contributed by atoms with Crippen LogP contribution in [-0.2, 0) is 9.53 Å². The number of ketones is 1. The zero-order chi connectivity index (χ0) is 17.1. The van der Waals surface area contributed by atoms with Crippen LogP contribution < -0.4 is 0 Å². The largest absolute Gasteiger partial charge is 0.465 e. The van der Waals surface area contributed by atoms with E-state index < -0.39 is 11.9 Å². The van der Waals surface area contributed by atoms with E-state index in [0.717, 1.165) is 11.8 Å². The van der Waals surface area contributed by atoms with E-state index in [4.69, 9.17) is 4.74 Å². The van der Waals surface area contributed by atoms with Gasteiger partial charge in [0.2, 0.25) is 0 Å². The van der Waals surface area contributed by atoms with Gasteiger partial charge in [-0.25, -0.2) is 0 Å². The molecule has 0 heterocycles. The van der Waals surface area contributed by atoms with Gasteiger partial charge in [-0.15, -0.1) is 18.3 Å². The number of nitriles is 1. The molecule has 1 rings (SSSR count). The fourth-order valence-electron chi connectivity index (χ4n) is 1.66. The number of ether oxygens (including phenoxy) is 1. The topological polar surface area (TPSA) is 79.5 Å². The number of Topliss-reactive ketones (excluding diaryl/α,β-unsaturated/α-hetero) is 1. The average Bonchev–Trinajstić information content (AvgIpc) is 2.58. The van der Waals surface area contributed by atoms with Crippen molar-refractivity contribution in [3.63, 3.8) is 0 Å². The van der Waals surface area contributed by atoms with Crippen molar-refractivity contribution in [2.24, 2.45) is 10.9 Å². The number of hydrogen-bond acceptors (Lipinski definition) is 6. The van der Waals surface area contributed by atoms with Crippen molar-refractivity contribution >= 4 is 28.6 Å². The normalized spacial score (nSPS) is 12.1. The predicted octanol–water partition coefficient (Wildman–Crippen LogP) is 2.89. The second-order valence-electron chi connectivity index (χ2n) is 4.36. The molecule has 120 valence electrons. The van der Waals surface area contributed by atoms with Crippen LogP contribution in [0, 0.1) is 17.2 Å². The second kappa shape index (κ2) is 10.4. The van der Waals surface area contributed by atoms with Gasteiger partial charge in [0, 0.05) is 5.56 Å². The number of esters is 1. The molecule has 0 radical (unpaired) electrons. The number of rotatable bonds is 8. The third-order valence-electron chi connectivity index (χ3n) is 2.72. The fraction of sp³-hybridized carbons (Fsp3) is 0.294. The molecule has 0 N–H and O–H groups in total. The van der Waals surface area contributed by atoms with Crippen molar-refractivity contribution in [2.45, 2.75) is 6.92 Å². The first kappa shape index (κ1) is 18.7. The van der Waals surface area contributed by atoms with Gasteiger partial charge in [0.25, 0.3) is 0 Å². The van der Waals surface area contributed by atoms with Gasteiger partial charge >= 0.3 is 5.97 Å². The first-order valence-electron chi connectivity index (χ1n) is 7.06. The highest BCUT2D eigenvalue weighted by Gasteiger charge is 2.26. The molecular weight excluding hydrogens is 312 g/mol. The molecule has 1 aromatic carbocycles. The minimum atomic E-state index is -1.12. The second-order valence-corrected chi connectivity index (χ2v) is 5.36. The van der Waals surface area contributed by atoms with E-state index in [1.807, 2.05) is 12.1 Å². The monoisotopic (exact) mass is 330 g/mol. The quantitative estimate of drug-likeness (QED) is 0.241. The summed E-state index contributed by atoms with van der Waals surface area (Å²) >= 11 is 1.08. The number of benzene rings is 1. The Morgan fingerprint density at radius 2 is 2.13 bits per heavy atom. The summed E-state index contributed by atoms with van der Waals surface area (Å²) < 4.78 is 4.88. The summed E-state index contributed by atoms with van der Waals surface area (Å²) in [5.41, 5.74) is 0.577. The molecule has 0 fully saturated rings. The average molecular weight is 330 g/mol. The molecule has 23 heavy (non-hydrogen) atoms. The molecule has 0 aliphatic heterocycles. The van der Waals surface area contributed by atoms with E-state index >= 15 is 0 Å². The lowest BCUT2D eigenvalue weighted by atomic mass is 10.2. The molecule has 0 unspecified atom stereocenters. The molecule has 0 saturated carbocycles. The summed E-state index contributed by atoms with van der Waals surface area (Å²) in [6.07, 6.45) is 1.55. The molecule has 0 saturated heterocycles. The summed E-state index contributed by atoms with van der Waals surface area (Å²) in [6, 6.07) is 10.7. The maximum Gasteiger partial charge on any atom is 0.330 e. The highest BCUT2D eigenvalue weighted by atomic mass is 32.2. The highest BCUT2D eigenvalue weighted by Crippen LogP contribution is 2.17. The Morgan fingerprint density at radius 3 is 2.70 bits per heavy atom. The van der Waals surface area contributed by atoms with Crippen LogP contribution in [-0.4, -0.2) is 35.7 Å². The third-order valence-corrected chi connectivity index (χ3v) is 3.79. The molecule has 0 aliphatic rings. The van der Waals surface area contributed by atoms with Crippen LogP contribution in [0.15, 0.2) is 48.0 Å². The Labute approximate surface area is 140 Å². The van der Waals surface area contributed by atoms with E-state index in [2.05, 4.69) is 11.6 Å². The van der Waals surface area contributed by atoms with Crippen molar-refractivity contribution in [3.05, 3.63) is 48.6 Å². The van der Waals surface area contributed by atoms with E-state index in [1.54, 1.807) is 37.3 Å². The van der Waals surface area contributed by atoms with Crippen molar-refractivity contribution in [2.75, 3.05) is 18.9 Å². The molecular formula is C17H18N2O3S. The highest BCUT2D eigenvalue weighted by molar-refractivity contribution is 8.14. The standard InChI is InChI=1S/C17H18N2O3S/c1-3-10-19-16(14(11-18)17(21)22-4-2)23-12-15(20)13-8-6-5-7-9-13/h3,5-9,14H,1,4,10,12H2,2H3/t14-/m0/s1. The van der Waals surface area contributed by atoms with Crippen LogP contribution in [0.1, 0.15) is 17.3 Å². The number of aliphatic imine (C=N–C) groups is 1. The number of thioether (sulfide) groups is 1. The lowest BCUT2D eigenvalue weighted by Crippen LogP contribution is -2.24. The Bertz CT molecular complexity index is 620. The van der Waals surface area contributed by atoms with Crippen LogP contribution >= 0.6 is 11.8 Å². The van der Waals surface area contributed by atoms with Gasteiger partial charge < -0.3 is 4.74 Å². The SMILES string of the molecule is C=CCN=C(SCC(=O)c1ccccc1)[C@H](C#N)C(=O)OCC. The number of carbonyl (C=O) groups excluding carboxylic acids is 2. The van der Waals surface area contributed by atoms with Gasteiger partial charge in [-0.05, 0) is 6.92 Å². The van der Waals surface area contributed by atoms with Crippen molar-refractivity contribution < 1.29 is 14.3 Å². The molecule has 0 bridgehead atoms. The first-order chi connectivity index (χ1) is 11.1. The first-order valence-corrected chi connectivity index (χ1v) is 8.05. The fourth-order valence-corrected chi connectivity index (χ4v) is 2.58. The van der Waals surface area contributed by atoms with Gasteiger partial charge in [-0.3, -0.25) is 14.6 Å². The van der Waals surface area contributed by atoms with E-state index in [-0.39, 0.29) is 29.7 Å². The maximum atomic E-state index is 12.1. The Hall–Kier alpha value is -2.39. The Morgan fingerprint density at radius 1 is 1.43 bits per heavy atom. The number of carbonyl (C=O) groups is 2. The van der Waals surface area contributed by atoms with Crippen molar-refractivity contribution in [1.29, 1.82) is 5.26 Å². The Kier molecular flexibility index (Phi) is 8.40. The van der Waals surface area contributed by atoms with E-state index in [9.17, 15) is 14.9 Å². The van der Waals surface area contributed by atoms with E-state index in [0.29, 0.717) is 5.56 Å². The maximum absolute atomic E-state index is 12.1.